The SMILES string of the molecule is O=Cc1cc(Br)ccc1OCC=CCOc1ccc(Br)cc1C=O. The highest BCUT2D eigenvalue weighted by atomic mass is 79.9. The summed E-state index contributed by atoms with van der Waals surface area (Å²) in [6.07, 6.45) is 5.08. The van der Waals surface area contributed by atoms with Gasteiger partial charge in [-0.15, -0.1) is 0 Å². The average Bonchev–Trinajstić information content (AvgIpc) is 2.59. The Bertz CT molecular complexity index is 693. The van der Waals surface area contributed by atoms with Gasteiger partial charge in [0, 0.05) is 8.95 Å². The van der Waals surface area contributed by atoms with E-state index in [0.717, 1.165) is 21.5 Å². The molecule has 24 heavy (non-hydrogen) atoms. The predicted molar refractivity (Wildman–Crippen MR) is 99.2 cm³/mol. The molecule has 0 bridgehead atoms. The molecule has 0 saturated heterocycles. The van der Waals surface area contributed by atoms with Crippen molar-refractivity contribution in [2.45, 2.75) is 0 Å². The first-order valence-electron chi connectivity index (χ1n) is 7.04. The molecule has 0 atom stereocenters. The molecule has 2 aromatic rings. The molecule has 0 heterocycles. The van der Waals surface area contributed by atoms with Gasteiger partial charge in [-0.3, -0.25) is 9.59 Å². The van der Waals surface area contributed by atoms with Crippen LogP contribution in [0.25, 0.3) is 0 Å². The number of hydrogen-bond donors (Lipinski definition) is 0. The largest absolute Gasteiger partial charge is 0.489 e. The molecule has 0 N–H and O–H groups in total. The van der Waals surface area contributed by atoms with Crippen LogP contribution in [-0.2, 0) is 0 Å². The van der Waals surface area contributed by atoms with Crippen LogP contribution >= 0.6 is 31.9 Å². The Morgan fingerprint density at radius 1 is 0.750 bits per heavy atom. The van der Waals surface area contributed by atoms with Gasteiger partial charge in [-0.25, -0.2) is 0 Å². The second kappa shape index (κ2) is 9.39. The molecule has 0 spiro atoms. The minimum absolute atomic E-state index is 0.312. The van der Waals surface area contributed by atoms with Gasteiger partial charge in [0.25, 0.3) is 0 Å². The van der Waals surface area contributed by atoms with Crippen LogP contribution in [0, 0.1) is 0 Å². The van der Waals surface area contributed by atoms with E-state index < -0.39 is 0 Å². The lowest BCUT2D eigenvalue weighted by molar-refractivity contribution is 0.111. The fourth-order valence-electron chi connectivity index (χ4n) is 1.90. The minimum atomic E-state index is 0.312. The molecule has 0 aliphatic heterocycles. The molecule has 2 rings (SSSR count). The van der Waals surface area contributed by atoms with Crippen molar-refractivity contribution in [2.75, 3.05) is 13.2 Å². The predicted octanol–water partition coefficient (Wildman–Crippen LogP) is 4.85. The Labute approximate surface area is 156 Å². The average molecular weight is 454 g/mol. The molecule has 0 fully saturated rings. The zero-order chi connectivity index (χ0) is 17.4. The van der Waals surface area contributed by atoms with Crippen LogP contribution in [0.15, 0.2) is 57.5 Å². The molecule has 0 saturated carbocycles. The van der Waals surface area contributed by atoms with E-state index in [1.165, 1.54) is 0 Å². The van der Waals surface area contributed by atoms with E-state index in [1.54, 1.807) is 36.4 Å². The molecule has 0 aliphatic rings. The number of halogens is 2. The number of benzene rings is 2. The smallest absolute Gasteiger partial charge is 0.153 e. The van der Waals surface area contributed by atoms with E-state index in [2.05, 4.69) is 31.9 Å². The van der Waals surface area contributed by atoms with Crippen molar-refractivity contribution < 1.29 is 19.1 Å². The van der Waals surface area contributed by atoms with Crippen LogP contribution in [0.3, 0.4) is 0 Å². The first-order chi connectivity index (χ1) is 11.6. The molecule has 2 aromatic carbocycles. The van der Waals surface area contributed by atoms with E-state index in [9.17, 15) is 9.59 Å². The fourth-order valence-corrected chi connectivity index (χ4v) is 2.66. The minimum Gasteiger partial charge on any atom is -0.489 e. The standard InChI is InChI=1S/C18H14Br2O4/c19-15-3-5-17(13(9-15)11-21)23-7-1-2-8-24-18-6-4-16(20)10-14(18)12-22/h1-6,9-12H,7-8H2. The third-order valence-corrected chi connectivity index (χ3v) is 4.02. The highest BCUT2D eigenvalue weighted by Gasteiger charge is 2.03. The van der Waals surface area contributed by atoms with Gasteiger partial charge in [-0.05, 0) is 48.6 Å². The fraction of sp³-hybridized carbons (Fsp3) is 0.111. The highest BCUT2D eigenvalue weighted by molar-refractivity contribution is 9.10. The molecule has 0 radical (unpaired) electrons. The van der Waals surface area contributed by atoms with Crippen LogP contribution in [0.1, 0.15) is 20.7 Å². The molecule has 6 heteroatoms. The van der Waals surface area contributed by atoms with Gasteiger partial charge < -0.3 is 9.47 Å². The molecule has 0 unspecified atom stereocenters. The Balaban J connectivity index is 1.84. The molecular weight excluding hydrogens is 440 g/mol. The second-order valence-corrected chi connectivity index (χ2v) is 6.52. The molecule has 0 aliphatic carbocycles. The normalized spacial score (nSPS) is 10.6. The maximum atomic E-state index is 11.0. The van der Waals surface area contributed by atoms with Gasteiger partial charge in [0.2, 0.25) is 0 Å². The number of carbonyl (C=O) groups excluding carboxylic acids is 2. The summed E-state index contributed by atoms with van der Waals surface area (Å²) in [6.45, 7) is 0.624. The summed E-state index contributed by atoms with van der Waals surface area (Å²) < 4.78 is 12.7. The summed E-state index contributed by atoms with van der Waals surface area (Å²) in [6, 6.07) is 10.5. The molecule has 4 nitrogen and oxygen atoms in total. The van der Waals surface area contributed by atoms with Crippen molar-refractivity contribution in [1.29, 1.82) is 0 Å². The molecule has 0 amide bonds. The van der Waals surface area contributed by atoms with Crippen LogP contribution in [0.2, 0.25) is 0 Å². The van der Waals surface area contributed by atoms with Crippen molar-refractivity contribution in [3.05, 3.63) is 68.6 Å². The number of aldehydes is 2. The van der Waals surface area contributed by atoms with E-state index in [0.29, 0.717) is 35.8 Å². The second-order valence-electron chi connectivity index (χ2n) is 4.69. The van der Waals surface area contributed by atoms with Crippen LogP contribution in [0.4, 0.5) is 0 Å². The van der Waals surface area contributed by atoms with E-state index in [1.807, 2.05) is 12.1 Å². The van der Waals surface area contributed by atoms with Gasteiger partial charge in [0.15, 0.2) is 12.6 Å². The number of carbonyl (C=O) groups is 2. The summed E-state index contributed by atoms with van der Waals surface area (Å²) in [7, 11) is 0. The number of hydrogen-bond acceptors (Lipinski definition) is 4. The van der Waals surface area contributed by atoms with Crippen molar-refractivity contribution in [1.82, 2.24) is 0 Å². The van der Waals surface area contributed by atoms with Crippen molar-refractivity contribution >= 4 is 44.4 Å². The Hall–Kier alpha value is -1.92. The summed E-state index contributed by atoms with van der Waals surface area (Å²) >= 11 is 6.61. The van der Waals surface area contributed by atoms with Crippen LogP contribution < -0.4 is 9.47 Å². The number of ether oxygens (including phenoxy) is 2. The third-order valence-electron chi connectivity index (χ3n) is 3.03. The van der Waals surface area contributed by atoms with Crippen LogP contribution in [0.5, 0.6) is 11.5 Å². The van der Waals surface area contributed by atoms with Gasteiger partial charge in [-0.1, -0.05) is 31.9 Å². The van der Waals surface area contributed by atoms with Gasteiger partial charge in [-0.2, -0.15) is 0 Å². The third kappa shape index (κ3) is 5.32. The number of rotatable bonds is 8. The lowest BCUT2D eigenvalue weighted by Gasteiger charge is -2.07. The van der Waals surface area contributed by atoms with Gasteiger partial charge in [0.05, 0.1) is 11.1 Å². The zero-order valence-corrected chi connectivity index (χ0v) is 15.7. The van der Waals surface area contributed by atoms with Crippen molar-refractivity contribution in [3.63, 3.8) is 0 Å². The zero-order valence-electron chi connectivity index (χ0n) is 12.6. The van der Waals surface area contributed by atoms with E-state index in [-0.39, 0.29) is 0 Å². The Morgan fingerprint density at radius 3 is 1.54 bits per heavy atom. The first-order valence-corrected chi connectivity index (χ1v) is 8.62. The van der Waals surface area contributed by atoms with Crippen molar-refractivity contribution in [3.8, 4) is 11.5 Å². The molecular formula is C18H14Br2O4. The lowest BCUT2D eigenvalue weighted by atomic mass is 10.2. The molecule has 124 valence electrons. The molecule has 0 aromatic heterocycles. The van der Waals surface area contributed by atoms with E-state index >= 15 is 0 Å². The maximum Gasteiger partial charge on any atom is 0.153 e. The van der Waals surface area contributed by atoms with E-state index in [4.69, 9.17) is 9.47 Å². The monoisotopic (exact) mass is 452 g/mol. The van der Waals surface area contributed by atoms with Gasteiger partial charge in [0.1, 0.15) is 24.7 Å². The lowest BCUT2D eigenvalue weighted by Crippen LogP contribution is -2.00. The van der Waals surface area contributed by atoms with Crippen molar-refractivity contribution in [2.24, 2.45) is 0 Å². The maximum absolute atomic E-state index is 11.0. The Morgan fingerprint density at radius 2 is 1.17 bits per heavy atom. The van der Waals surface area contributed by atoms with Crippen LogP contribution in [-0.4, -0.2) is 25.8 Å². The summed E-state index contributed by atoms with van der Waals surface area (Å²) in [5.41, 5.74) is 0.971. The highest BCUT2D eigenvalue weighted by Crippen LogP contribution is 2.22. The Kier molecular flexibility index (Phi) is 7.21. The topological polar surface area (TPSA) is 52.6 Å². The summed E-state index contributed by atoms with van der Waals surface area (Å²) in [4.78, 5) is 22.0. The first kappa shape index (κ1) is 18.4. The quantitative estimate of drug-likeness (QED) is 0.423. The van der Waals surface area contributed by atoms with Gasteiger partial charge >= 0.3 is 0 Å². The summed E-state index contributed by atoms with van der Waals surface area (Å²) in [5.74, 6) is 1.05. The summed E-state index contributed by atoms with van der Waals surface area (Å²) in [5, 5.41) is 0.